The van der Waals surface area contributed by atoms with Crippen LogP contribution >= 0.6 is 0 Å². The van der Waals surface area contributed by atoms with Crippen molar-refractivity contribution in [3.05, 3.63) is 24.3 Å². The molecule has 3 heteroatoms. The number of rotatable bonds is 5. The molecule has 0 bridgehead atoms. The monoisotopic (exact) mass is 208 g/mol. The Bertz CT molecular complexity index is 284. The summed E-state index contributed by atoms with van der Waals surface area (Å²) in [6.45, 7) is 5.06. The summed E-state index contributed by atoms with van der Waals surface area (Å²) < 4.78 is 0. The van der Waals surface area contributed by atoms with E-state index in [1.165, 1.54) is 0 Å². The zero-order chi connectivity index (χ0) is 11.3. The van der Waals surface area contributed by atoms with Gasteiger partial charge < -0.3 is 16.2 Å². The topological polar surface area (TPSA) is 58.3 Å². The van der Waals surface area contributed by atoms with Crippen LogP contribution in [-0.4, -0.2) is 17.7 Å². The molecule has 0 aliphatic carbocycles. The van der Waals surface area contributed by atoms with E-state index in [-0.39, 0.29) is 11.8 Å². The second kappa shape index (κ2) is 5.61. The van der Waals surface area contributed by atoms with Crippen molar-refractivity contribution >= 4 is 5.69 Å². The molecule has 15 heavy (non-hydrogen) atoms. The van der Waals surface area contributed by atoms with Crippen LogP contribution in [0.4, 0.5) is 5.69 Å². The Morgan fingerprint density at radius 2 is 1.93 bits per heavy atom. The number of anilines is 1. The van der Waals surface area contributed by atoms with Gasteiger partial charge in [0, 0.05) is 18.3 Å². The fourth-order valence-corrected chi connectivity index (χ4v) is 1.32. The van der Waals surface area contributed by atoms with Crippen LogP contribution in [0.2, 0.25) is 0 Å². The summed E-state index contributed by atoms with van der Waals surface area (Å²) in [5.74, 6) is 0.807. The van der Waals surface area contributed by atoms with Crippen LogP contribution < -0.4 is 11.1 Å². The van der Waals surface area contributed by atoms with Gasteiger partial charge >= 0.3 is 0 Å². The fourth-order valence-electron chi connectivity index (χ4n) is 1.32. The molecule has 4 N–H and O–H groups in total. The van der Waals surface area contributed by atoms with E-state index in [0.29, 0.717) is 5.92 Å². The van der Waals surface area contributed by atoms with Crippen molar-refractivity contribution in [3.63, 3.8) is 0 Å². The zero-order valence-corrected chi connectivity index (χ0v) is 9.40. The standard InChI is InChI=1S/C12H20N2O/c1-3-9(2)12(13)8-14-10-4-6-11(15)7-5-10/h4-7,9,12,14-15H,3,8,13H2,1-2H3/t9-,12+/m0/s1. The first-order chi connectivity index (χ1) is 7.13. The van der Waals surface area contributed by atoms with E-state index in [1.807, 2.05) is 12.1 Å². The second-order valence-electron chi connectivity index (χ2n) is 3.98. The van der Waals surface area contributed by atoms with E-state index in [0.717, 1.165) is 18.7 Å². The average molecular weight is 208 g/mol. The molecule has 0 saturated carbocycles. The number of benzene rings is 1. The van der Waals surface area contributed by atoms with E-state index < -0.39 is 0 Å². The van der Waals surface area contributed by atoms with Crippen LogP contribution in [0.5, 0.6) is 5.75 Å². The van der Waals surface area contributed by atoms with E-state index in [2.05, 4.69) is 19.2 Å². The van der Waals surface area contributed by atoms with Crippen molar-refractivity contribution in [1.29, 1.82) is 0 Å². The molecule has 1 rings (SSSR count). The molecule has 0 fully saturated rings. The third kappa shape index (κ3) is 3.80. The second-order valence-corrected chi connectivity index (χ2v) is 3.98. The Morgan fingerprint density at radius 3 is 2.47 bits per heavy atom. The number of aromatic hydroxyl groups is 1. The Morgan fingerprint density at radius 1 is 1.33 bits per heavy atom. The Labute approximate surface area is 91.3 Å². The first kappa shape index (κ1) is 11.9. The van der Waals surface area contributed by atoms with Crippen molar-refractivity contribution in [2.24, 2.45) is 11.7 Å². The first-order valence-electron chi connectivity index (χ1n) is 5.42. The molecule has 84 valence electrons. The largest absolute Gasteiger partial charge is 0.508 e. The van der Waals surface area contributed by atoms with Gasteiger partial charge in [0.15, 0.2) is 0 Å². The van der Waals surface area contributed by atoms with E-state index in [4.69, 9.17) is 10.8 Å². The number of hydrogen-bond acceptors (Lipinski definition) is 3. The molecule has 3 nitrogen and oxygen atoms in total. The third-order valence-corrected chi connectivity index (χ3v) is 2.78. The number of phenols is 1. The van der Waals surface area contributed by atoms with Crippen LogP contribution in [0.25, 0.3) is 0 Å². The van der Waals surface area contributed by atoms with Gasteiger partial charge in [-0.1, -0.05) is 20.3 Å². The Hall–Kier alpha value is -1.22. The minimum Gasteiger partial charge on any atom is -0.508 e. The van der Waals surface area contributed by atoms with Gasteiger partial charge in [-0.05, 0) is 30.2 Å². The lowest BCUT2D eigenvalue weighted by atomic mass is 10.0. The molecule has 0 aromatic heterocycles. The molecule has 0 unspecified atom stereocenters. The maximum atomic E-state index is 9.11. The summed E-state index contributed by atoms with van der Waals surface area (Å²) >= 11 is 0. The summed E-state index contributed by atoms with van der Waals surface area (Å²) in [5.41, 5.74) is 6.99. The molecule has 1 aromatic carbocycles. The molecule has 0 heterocycles. The maximum absolute atomic E-state index is 9.11. The lowest BCUT2D eigenvalue weighted by molar-refractivity contribution is 0.457. The summed E-state index contributed by atoms with van der Waals surface area (Å²) in [6.07, 6.45) is 1.10. The van der Waals surface area contributed by atoms with Crippen LogP contribution in [0.15, 0.2) is 24.3 Å². The van der Waals surface area contributed by atoms with Crippen LogP contribution in [0, 0.1) is 5.92 Å². The number of nitrogens with two attached hydrogens (primary N) is 1. The smallest absolute Gasteiger partial charge is 0.115 e. The number of nitrogens with one attached hydrogen (secondary N) is 1. The van der Waals surface area contributed by atoms with Crippen molar-refractivity contribution < 1.29 is 5.11 Å². The van der Waals surface area contributed by atoms with Gasteiger partial charge in [0.25, 0.3) is 0 Å². The SMILES string of the molecule is CC[C@H](C)[C@H](N)CNc1ccc(O)cc1. The van der Waals surface area contributed by atoms with Crippen molar-refractivity contribution in [3.8, 4) is 5.75 Å². The van der Waals surface area contributed by atoms with E-state index in [1.54, 1.807) is 12.1 Å². The predicted octanol–water partition coefficient (Wildman–Crippen LogP) is 2.18. The molecular weight excluding hydrogens is 188 g/mol. The first-order valence-corrected chi connectivity index (χ1v) is 5.42. The summed E-state index contributed by atoms with van der Waals surface area (Å²) in [4.78, 5) is 0. The summed E-state index contributed by atoms with van der Waals surface area (Å²) in [7, 11) is 0. The number of hydrogen-bond donors (Lipinski definition) is 3. The molecule has 2 atom stereocenters. The normalized spacial score (nSPS) is 14.6. The lowest BCUT2D eigenvalue weighted by Gasteiger charge is -2.19. The molecular formula is C12H20N2O. The van der Waals surface area contributed by atoms with Crippen molar-refractivity contribution in [2.45, 2.75) is 26.3 Å². The highest BCUT2D eigenvalue weighted by molar-refractivity contribution is 5.46. The third-order valence-electron chi connectivity index (χ3n) is 2.78. The highest BCUT2D eigenvalue weighted by Gasteiger charge is 2.09. The van der Waals surface area contributed by atoms with Gasteiger partial charge in [-0.2, -0.15) is 0 Å². The molecule has 0 amide bonds. The van der Waals surface area contributed by atoms with Gasteiger partial charge in [-0.15, -0.1) is 0 Å². The molecule has 0 spiro atoms. The molecule has 0 saturated heterocycles. The molecule has 0 radical (unpaired) electrons. The average Bonchev–Trinajstić information content (AvgIpc) is 2.26. The molecule has 1 aromatic rings. The highest BCUT2D eigenvalue weighted by Crippen LogP contribution is 2.14. The fraction of sp³-hybridized carbons (Fsp3) is 0.500. The van der Waals surface area contributed by atoms with Crippen molar-refractivity contribution in [1.82, 2.24) is 0 Å². The van der Waals surface area contributed by atoms with E-state index in [9.17, 15) is 0 Å². The number of phenolic OH excluding ortho intramolecular Hbond substituents is 1. The van der Waals surface area contributed by atoms with Crippen LogP contribution in [0.1, 0.15) is 20.3 Å². The summed E-state index contributed by atoms with van der Waals surface area (Å²) in [5, 5.41) is 12.4. The van der Waals surface area contributed by atoms with Gasteiger partial charge in [0.1, 0.15) is 5.75 Å². The predicted molar refractivity (Wildman–Crippen MR) is 64.0 cm³/mol. The molecule has 0 aliphatic rings. The van der Waals surface area contributed by atoms with Crippen LogP contribution in [-0.2, 0) is 0 Å². The van der Waals surface area contributed by atoms with Gasteiger partial charge in [-0.25, -0.2) is 0 Å². The maximum Gasteiger partial charge on any atom is 0.115 e. The van der Waals surface area contributed by atoms with Crippen molar-refractivity contribution in [2.75, 3.05) is 11.9 Å². The lowest BCUT2D eigenvalue weighted by Crippen LogP contribution is -2.35. The highest BCUT2D eigenvalue weighted by atomic mass is 16.3. The van der Waals surface area contributed by atoms with Crippen LogP contribution in [0.3, 0.4) is 0 Å². The summed E-state index contributed by atoms with van der Waals surface area (Å²) in [6, 6.07) is 7.19. The van der Waals surface area contributed by atoms with Gasteiger partial charge in [0.2, 0.25) is 0 Å². The Balaban J connectivity index is 2.40. The quantitative estimate of drug-likeness (QED) is 0.650. The minimum atomic E-state index is 0.170. The minimum absolute atomic E-state index is 0.170. The van der Waals surface area contributed by atoms with E-state index >= 15 is 0 Å². The molecule has 0 aliphatic heterocycles. The Kier molecular flexibility index (Phi) is 4.43. The van der Waals surface area contributed by atoms with Gasteiger partial charge in [-0.3, -0.25) is 0 Å². The zero-order valence-electron chi connectivity index (χ0n) is 9.40. The van der Waals surface area contributed by atoms with Gasteiger partial charge in [0.05, 0.1) is 0 Å².